The number of Topliss-reactive ketones (excluding diaryl/α,β-unsaturated/α-hetero) is 1. The number of hydrogen-bond acceptors (Lipinski definition) is 2. The Balaban J connectivity index is 1.57. The van der Waals surface area contributed by atoms with Crippen molar-refractivity contribution in [1.82, 2.24) is 0 Å². The fourth-order valence-electron chi connectivity index (χ4n) is 7.77. The van der Waals surface area contributed by atoms with Crippen molar-refractivity contribution in [3.8, 4) is 0 Å². The number of aliphatic hydroxyl groups is 1. The highest BCUT2D eigenvalue weighted by Gasteiger charge is 2.58. The van der Waals surface area contributed by atoms with E-state index in [-0.39, 0.29) is 0 Å². The van der Waals surface area contributed by atoms with Gasteiger partial charge in [0.05, 0.1) is 5.60 Å². The first kappa shape index (κ1) is 18.7. The van der Waals surface area contributed by atoms with Crippen LogP contribution < -0.4 is 0 Å². The van der Waals surface area contributed by atoms with Crippen LogP contribution in [0.2, 0.25) is 0 Å². The van der Waals surface area contributed by atoms with E-state index >= 15 is 0 Å². The molecule has 146 valence electrons. The average molecular weight is 359 g/mol. The van der Waals surface area contributed by atoms with Crippen LogP contribution in [0, 0.1) is 34.5 Å². The van der Waals surface area contributed by atoms with E-state index in [1.54, 1.807) is 12.5 Å². The summed E-state index contributed by atoms with van der Waals surface area (Å²) < 4.78 is 0. The zero-order valence-electron chi connectivity index (χ0n) is 17.3. The molecule has 0 heterocycles. The monoisotopic (exact) mass is 358 g/mol. The molecule has 4 aliphatic rings. The minimum Gasteiger partial charge on any atom is -0.390 e. The third-order valence-corrected chi connectivity index (χ3v) is 9.42. The highest BCUT2D eigenvalue weighted by atomic mass is 16.3. The van der Waals surface area contributed by atoms with E-state index in [2.05, 4.69) is 19.9 Å². The van der Waals surface area contributed by atoms with E-state index in [1.807, 2.05) is 6.92 Å². The second-order valence-electron chi connectivity index (χ2n) is 11.0. The van der Waals surface area contributed by atoms with Crippen LogP contribution in [0.15, 0.2) is 11.6 Å². The maximum absolute atomic E-state index is 11.5. The van der Waals surface area contributed by atoms with Gasteiger partial charge in [-0.3, -0.25) is 0 Å². The predicted octanol–water partition coefficient (Wildman–Crippen LogP) is 5.69. The van der Waals surface area contributed by atoms with E-state index < -0.39 is 5.60 Å². The first-order valence-electron chi connectivity index (χ1n) is 11.1. The minimum absolute atomic E-state index is 0.323. The fourth-order valence-corrected chi connectivity index (χ4v) is 7.77. The van der Waals surface area contributed by atoms with Gasteiger partial charge < -0.3 is 9.90 Å². The lowest BCUT2D eigenvalue weighted by Crippen LogP contribution is -2.51. The lowest BCUT2D eigenvalue weighted by molar-refractivity contribution is -0.117. The Hall–Kier alpha value is -0.630. The molecule has 4 aliphatic carbocycles. The Morgan fingerprint density at radius 1 is 1.12 bits per heavy atom. The summed E-state index contributed by atoms with van der Waals surface area (Å²) >= 11 is 0. The van der Waals surface area contributed by atoms with Crippen LogP contribution >= 0.6 is 0 Å². The molecule has 1 N–H and O–H groups in total. The molecule has 26 heavy (non-hydrogen) atoms. The summed E-state index contributed by atoms with van der Waals surface area (Å²) in [5.41, 5.74) is 1.85. The molecule has 3 unspecified atom stereocenters. The van der Waals surface area contributed by atoms with Gasteiger partial charge in [0, 0.05) is 6.42 Å². The van der Waals surface area contributed by atoms with Crippen molar-refractivity contribution >= 4 is 5.78 Å². The summed E-state index contributed by atoms with van der Waals surface area (Å²) in [7, 11) is 0. The van der Waals surface area contributed by atoms with Crippen molar-refractivity contribution in [2.24, 2.45) is 34.5 Å². The number of fused-ring (bicyclic) bond motifs is 5. The van der Waals surface area contributed by atoms with Crippen molar-refractivity contribution < 1.29 is 9.90 Å². The fraction of sp³-hybridized carbons (Fsp3) is 0.875. The maximum Gasteiger partial charge on any atom is 0.129 e. The van der Waals surface area contributed by atoms with Gasteiger partial charge >= 0.3 is 0 Å². The highest BCUT2D eigenvalue weighted by Crippen LogP contribution is 2.67. The number of allylic oxidation sites excluding steroid dienone is 1. The van der Waals surface area contributed by atoms with Crippen LogP contribution in [0.5, 0.6) is 0 Å². The molecule has 3 saturated carbocycles. The van der Waals surface area contributed by atoms with E-state index in [4.69, 9.17) is 0 Å². The van der Waals surface area contributed by atoms with Crippen LogP contribution in [0.3, 0.4) is 0 Å². The van der Waals surface area contributed by atoms with E-state index in [0.29, 0.717) is 16.6 Å². The van der Waals surface area contributed by atoms with Gasteiger partial charge in [0.15, 0.2) is 0 Å². The summed E-state index contributed by atoms with van der Waals surface area (Å²) in [5.74, 6) is 3.59. The van der Waals surface area contributed by atoms with Crippen LogP contribution in [0.4, 0.5) is 0 Å². The van der Waals surface area contributed by atoms with Crippen molar-refractivity contribution in [2.45, 2.75) is 97.5 Å². The van der Waals surface area contributed by atoms with Crippen molar-refractivity contribution in [2.75, 3.05) is 0 Å². The second-order valence-corrected chi connectivity index (χ2v) is 11.0. The first-order valence-corrected chi connectivity index (χ1v) is 11.1. The van der Waals surface area contributed by atoms with E-state index in [0.717, 1.165) is 55.8 Å². The molecule has 3 fully saturated rings. The van der Waals surface area contributed by atoms with Crippen molar-refractivity contribution in [1.29, 1.82) is 0 Å². The third-order valence-electron chi connectivity index (χ3n) is 9.42. The Bertz CT molecular complexity index is 618. The van der Waals surface area contributed by atoms with Gasteiger partial charge in [-0.15, -0.1) is 0 Å². The largest absolute Gasteiger partial charge is 0.390 e. The van der Waals surface area contributed by atoms with Crippen LogP contribution in [0.25, 0.3) is 0 Å². The molecule has 0 amide bonds. The minimum atomic E-state index is -0.494. The normalized spacial score (nSPS) is 50.4. The van der Waals surface area contributed by atoms with Crippen LogP contribution in [-0.2, 0) is 4.79 Å². The Kier molecular flexibility index (Phi) is 4.46. The molecule has 4 rings (SSSR count). The van der Waals surface area contributed by atoms with Crippen molar-refractivity contribution in [3.63, 3.8) is 0 Å². The summed E-state index contributed by atoms with van der Waals surface area (Å²) in [6, 6.07) is 0. The Morgan fingerprint density at radius 3 is 2.62 bits per heavy atom. The molecule has 0 aliphatic heterocycles. The van der Waals surface area contributed by atoms with Crippen LogP contribution in [0.1, 0.15) is 91.9 Å². The summed E-state index contributed by atoms with van der Waals surface area (Å²) in [6.07, 6.45) is 14.0. The van der Waals surface area contributed by atoms with Gasteiger partial charge in [0.2, 0.25) is 0 Å². The molecule has 2 nitrogen and oxygen atoms in total. The standard InChI is InChI=1S/C24H38O2/c1-16(25)5-6-17-8-10-20-19-9-7-18-15-22(2,26)13-14-24(18,4)21(19)11-12-23(17,20)3/h7,17,19-21,26H,5-6,8-15H2,1-4H3/t17-,19?,20?,21?,22-,23+,24-/m0/s1. The Labute approximate surface area is 159 Å². The predicted molar refractivity (Wildman–Crippen MR) is 106 cm³/mol. The number of carbonyl (C=O) groups excluding carboxylic acids is 1. The second kappa shape index (κ2) is 6.19. The van der Waals surface area contributed by atoms with Crippen LogP contribution in [-0.4, -0.2) is 16.5 Å². The smallest absolute Gasteiger partial charge is 0.129 e. The van der Waals surface area contributed by atoms with Gasteiger partial charge in [-0.25, -0.2) is 0 Å². The zero-order chi connectivity index (χ0) is 18.7. The number of ketones is 1. The average Bonchev–Trinajstić information content (AvgIpc) is 2.90. The van der Waals surface area contributed by atoms with Gasteiger partial charge in [-0.05, 0) is 106 Å². The maximum atomic E-state index is 11.5. The number of carbonyl (C=O) groups is 1. The van der Waals surface area contributed by atoms with Crippen molar-refractivity contribution in [3.05, 3.63) is 11.6 Å². The zero-order valence-corrected chi connectivity index (χ0v) is 17.3. The molecule has 2 heteroatoms. The molecule has 0 aromatic heterocycles. The highest BCUT2D eigenvalue weighted by molar-refractivity contribution is 5.75. The van der Waals surface area contributed by atoms with E-state index in [1.165, 1.54) is 32.1 Å². The lowest BCUT2D eigenvalue weighted by atomic mass is 9.46. The molecule has 0 saturated heterocycles. The van der Waals surface area contributed by atoms with Gasteiger partial charge in [0.1, 0.15) is 5.78 Å². The van der Waals surface area contributed by atoms with Gasteiger partial charge in [-0.1, -0.05) is 25.5 Å². The first-order chi connectivity index (χ1) is 12.2. The molecule has 0 aromatic rings. The molecule has 7 atom stereocenters. The third kappa shape index (κ3) is 2.82. The quantitative estimate of drug-likeness (QED) is 0.658. The molecular formula is C24H38O2. The molecule has 0 bridgehead atoms. The Morgan fingerprint density at radius 2 is 1.88 bits per heavy atom. The van der Waals surface area contributed by atoms with E-state index in [9.17, 15) is 9.90 Å². The summed E-state index contributed by atoms with van der Waals surface area (Å²) in [4.78, 5) is 11.5. The van der Waals surface area contributed by atoms with Gasteiger partial charge in [0.25, 0.3) is 0 Å². The number of hydrogen-bond donors (Lipinski definition) is 1. The molecule has 0 radical (unpaired) electrons. The SMILES string of the molecule is CC(=O)CC[C@H]1CCC2C3CC=C4C[C@@](C)(O)CC[C@]4(C)C3CC[C@@]21C. The summed E-state index contributed by atoms with van der Waals surface area (Å²) in [6.45, 7) is 8.83. The number of rotatable bonds is 3. The lowest BCUT2D eigenvalue weighted by Gasteiger charge is -2.59. The topological polar surface area (TPSA) is 37.3 Å². The molecule has 0 aromatic carbocycles. The van der Waals surface area contributed by atoms with Gasteiger partial charge in [-0.2, -0.15) is 0 Å². The molecular weight excluding hydrogens is 320 g/mol. The molecule has 0 spiro atoms. The summed E-state index contributed by atoms with van der Waals surface area (Å²) in [5, 5.41) is 10.6.